The molecule has 0 bridgehead atoms. The van der Waals surface area contributed by atoms with Crippen LogP contribution < -0.4 is 0 Å². The largest absolute Gasteiger partial charge is 0.506 e. The molecule has 3 aromatic carbocycles. The lowest BCUT2D eigenvalue weighted by Crippen LogP contribution is -2.10. The van der Waals surface area contributed by atoms with Crippen molar-refractivity contribution >= 4 is 68.2 Å². The number of nitrogens with zero attached hydrogens (tertiary/aromatic N) is 2. The maximum absolute atomic E-state index is 10.2. The number of benzene rings is 3. The Morgan fingerprint density at radius 1 is 1.00 bits per heavy atom. The summed E-state index contributed by atoms with van der Waals surface area (Å²) in [7, 11) is 0. The maximum atomic E-state index is 10.2. The second-order valence-electron chi connectivity index (χ2n) is 8.08. The topological polar surface area (TPSA) is 58.6 Å². The molecule has 0 fully saturated rings. The molecule has 4 aromatic rings. The number of phenolic OH excluding ortho intramolecular Hbond substituents is 1. The Labute approximate surface area is 202 Å². The highest BCUT2D eigenvalue weighted by Crippen LogP contribution is 2.30. The van der Waals surface area contributed by atoms with E-state index in [9.17, 15) is 5.11 Å². The monoisotopic (exact) mass is 622 g/mol. The number of fused-ring (bicyclic) bond motifs is 1. The molecule has 0 amide bonds. The van der Waals surface area contributed by atoms with E-state index in [1.54, 1.807) is 6.21 Å². The van der Waals surface area contributed by atoms with Gasteiger partial charge in [-0.2, -0.15) is 0 Å². The second-order valence-corrected chi connectivity index (χ2v) is 10.5. The van der Waals surface area contributed by atoms with E-state index in [0.29, 0.717) is 11.5 Å². The molecule has 0 atom stereocenters. The number of phenols is 1. The van der Waals surface area contributed by atoms with E-state index in [-0.39, 0.29) is 11.2 Å². The molecule has 152 valence electrons. The molecule has 0 aliphatic rings. The van der Waals surface area contributed by atoms with Crippen LogP contribution >= 0.6 is 45.2 Å². The van der Waals surface area contributed by atoms with Crippen molar-refractivity contribution in [1.29, 1.82) is 0 Å². The fourth-order valence-electron chi connectivity index (χ4n) is 3.04. The zero-order valence-electron chi connectivity index (χ0n) is 16.8. The Balaban J connectivity index is 1.59. The quantitative estimate of drug-likeness (QED) is 0.191. The van der Waals surface area contributed by atoms with Crippen molar-refractivity contribution in [2.45, 2.75) is 26.2 Å². The second kappa shape index (κ2) is 8.30. The van der Waals surface area contributed by atoms with Crippen molar-refractivity contribution in [3.8, 4) is 17.2 Å². The van der Waals surface area contributed by atoms with Crippen LogP contribution in [0.1, 0.15) is 31.9 Å². The molecule has 0 aliphatic heterocycles. The number of halogens is 2. The Morgan fingerprint density at radius 2 is 1.73 bits per heavy atom. The number of aromatic hydroxyl groups is 1. The van der Waals surface area contributed by atoms with Crippen LogP contribution in [-0.4, -0.2) is 16.3 Å². The van der Waals surface area contributed by atoms with E-state index < -0.39 is 0 Å². The third kappa shape index (κ3) is 4.54. The fourth-order valence-corrected chi connectivity index (χ4v) is 4.93. The molecule has 0 unspecified atom stereocenters. The van der Waals surface area contributed by atoms with Crippen molar-refractivity contribution in [1.82, 2.24) is 4.98 Å². The van der Waals surface area contributed by atoms with E-state index in [0.717, 1.165) is 29.5 Å². The number of aromatic nitrogens is 1. The van der Waals surface area contributed by atoms with E-state index >= 15 is 0 Å². The Kier molecular flexibility index (Phi) is 5.89. The summed E-state index contributed by atoms with van der Waals surface area (Å²) in [5, 5.41) is 10.2. The summed E-state index contributed by atoms with van der Waals surface area (Å²) in [5.74, 6) is 0.842. The number of hydrogen-bond donors (Lipinski definition) is 1. The lowest BCUT2D eigenvalue weighted by molar-refractivity contribution is 0.470. The third-order valence-corrected chi connectivity index (χ3v) is 6.22. The summed E-state index contributed by atoms with van der Waals surface area (Å²) in [6.07, 6.45) is 1.68. The lowest BCUT2D eigenvalue weighted by atomic mass is 9.87. The van der Waals surface area contributed by atoms with Crippen LogP contribution in [0.2, 0.25) is 0 Å². The van der Waals surface area contributed by atoms with Gasteiger partial charge in [-0.1, -0.05) is 26.8 Å². The Morgan fingerprint density at radius 3 is 2.43 bits per heavy atom. The van der Waals surface area contributed by atoms with Gasteiger partial charge in [-0.25, -0.2) is 4.98 Å². The molecule has 0 saturated heterocycles. The summed E-state index contributed by atoms with van der Waals surface area (Å²) in [6.45, 7) is 6.56. The van der Waals surface area contributed by atoms with Crippen molar-refractivity contribution in [3.63, 3.8) is 0 Å². The summed E-state index contributed by atoms with van der Waals surface area (Å²) in [5.41, 5.74) is 5.33. The SMILES string of the molecule is CC(C)(C)c1ccc2oc(-c3ccc(N=Cc4cc(I)cc(I)c4O)cc3)nc2c1. The minimum Gasteiger partial charge on any atom is -0.506 e. The van der Waals surface area contributed by atoms with Crippen molar-refractivity contribution < 1.29 is 9.52 Å². The van der Waals surface area contributed by atoms with Crippen LogP contribution in [0.25, 0.3) is 22.6 Å². The van der Waals surface area contributed by atoms with Gasteiger partial charge in [0, 0.05) is 20.9 Å². The molecule has 6 heteroatoms. The van der Waals surface area contributed by atoms with Gasteiger partial charge >= 0.3 is 0 Å². The average molecular weight is 622 g/mol. The molecular formula is C24H20I2N2O2. The van der Waals surface area contributed by atoms with E-state index in [2.05, 4.69) is 88.1 Å². The smallest absolute Gasteiger partial charge is 0.227 e. The molecule has 0 saturated carbocycles. The molecule has 0 spiro atoms. The number of aliphatic imine (C=N–C) groups is 1. The van der Waals surface area contributed by atoms with Gasteiger partial charge in [0.25, 0.3) is 0 Å². The van der Waals surface area contributed by atoms with Gasteiger partial charge in [0.1, 0.15) is 11.3 Å². The summed E-state index contributed by atoms with van der Waals surface area (Å²) >= 11 is 4.35. The summed E-state index contributed by atoms with van der Waals surface area (Å²) in [4.78, 5) is 9.16. The van der Waals surface area contributed by atoms with Crippen LogP contribution in [0.15, 0.2) is 64.0 Å². The van der Waals surface area contributed by atoms with E-state index in [4.69, 9.17) is 4.42 Å². The highest BCUT2D eigenvalue weighted by Gasteiger charge is 2.16. The molecular weight excluding hydrogens is 602 g/mol. The van der Waals surface area contributed by atoms with Crippen LogP contribution in [0.5, 0.6) is 5.75 Å². The Hall–Kier alpha value is -1.94. The van der Waals surface area contributed by atoms with E-state index in [1.807, 2.05) is 42.5 Å². The van der Waals surface area contributed by atoms with Crippen molar-refractivity contribution in [2.24, 2.45) is 4.99 Å². The first-order valence-corrected chi connectivity index (χ1v) is 11.6. The van der Waals surface area contributed by atoms with Crippen LogP contribution in [0, 0.1) is 7.14 Å². The highest BCUT2D eigenvalue weighted by molar-refractivity contribution is 14.1. The molecule has 4 rings (SSSR count). The average Bonchev–Trinajstić information content (AvgIpc) is 3.12. The first-order valence-electron chi connectivity index (χ1n) is 9.44. The number of hydrogen-bond acceptors (Lipinski definition) is 4. The Bertz CT molecular complexity index is 1250. The third-order valence-electron chi connectivity index (χ3n) is 4.78. The predicted octanol–water partition coefficient (Wildman–Crippen LogP) is 7.46. The molecule has 30 heavy (non-hydrogen) atoms. The van der Waals surface area contributed by atoms with Crippen molar-refractivity contribution in [2.75, 3.05) is 0 Å². The van der Waals surface area contributed by atoms with Crippen LogP contribution in [-0.2, 0) is 5.41 Å². The first-order chi connectivity index (χ1) is 14.2. The van der Waals surface area contributed by atoms with Gasteiger partial charge in [0.15, 0.2) is 5.58 Å². The standard InChI is InChI=1S/C24H20I2N2O2/c1-24(2,3)16-6-9-21-20(11-16)28-23(30-21)14-4-7-18(8-5-14)27-13-15-10-17(25)12-19(26)22(15)29/h4-13,29H,1-3H3. The number of rotatable bonds is 3. The van der Waals surface area contributed by atoms with Gasteiger partial charge in [0.2, 0.25) is 5.89 Å². The minimum absolute atomic E-state index is 0.0658. The van der Waals surface area contributed by atoms with Gasteiger partial charge in [-0.15, -0.1) is 0 Å². The van der Waals surface area contributed by atoms with Gasteiger partial charge < -0.3 is 9.52 Å². The first kappa shape index (κ1) is 21.3. The van der Waals surface area contributed by atoms with Crippen LogP contribution in [0.3, 0.4) is 0 Å². The lowest BCUT2D eigenvalue weighted by Gasteiger charge is -2.18. The fraction of sp³-hybridized carbons (Fsp3) is 0.167. The maximum Gasteiger partial charge on any atom is 0.227 e. The molecule has 4 nitrogen and oxygen atoms in total. The molecule has 1 N–H and O–H groups in total. The van der Waals surface area contributed by atoms with E-state index in [1.165, 1.54) is 5.56 Å². The molecule has 0 aliphatic carbocycles. The van der Waals surface area contributed by atoms with Gasteiger partial charge in [-0.05, 0) is 105 Å². The normalized spacial score (nSPS) is 12.2. The van der Waals surface area contributed by atoms with Crippen molar-refractivity contribution in [3.05, 3.63) is 72.9 Å². The zero-order chi connectivity index (χ0) is 21.5. The molecule has 1 aromatic heterocycles. The van der Waals surface area contributed by atoms with Crippen LogP contribution in [0.4, 0.5) is 5.69 Å². The predicted molar refractivity (Wildman–Crippen MR) is 139 cm³/mol. The highest BCUT2D eigenvalue weighted by atomic mass is 127. The minimum atomic E-state index is 0.0658. The zero-order valence-corrected chi connectivity index (χ0v) is 21.1. The summed E-state index contributed by atoms with van der Waals surface area (Å²) < 4.78 is 7.81. The number of oxazole rings is 1. The summed E-state index contributed by atoms with van der Waals surface area (Å²) in [6, 6.07) is 17.7. The molecule has 1 heterocycles. The van der Waals surface area contributed by atoms with Gasteiger partial charge in [0.05, 0.1) is 9.26 Å². The van der Waals surface area contributed by atoms with Gasteiger partial charge in [-0.3, -0.25) is 4.99 Å². The molecule has 0 radical (unpaired) electrons.